The molecule has 0 amide bonds. The highest BCUT2D eigenvalue weighted by atomic mass is 35.5. The summed E-state index contributed by atoms with van der Waals surface area (Å²) in [5.41, 5.74) is 2.61. The first kappa shape index (κ1) is 17.8. The van der Waals surface area contributed by atoms with Crippen LogP contribution in [-0.2, 0) is 11.3 Å². The Balaban J connectivity index is 2.02. The van der Waals surface area contributed by atoms with E-state index in [1.54, 1.807) is 41.1 Å². The summed E-state index contributed by atoms with van der Waals surface area (Å²) in [6, 6.07) is 14.1. The number of halogens is 3. The van der Waals surface area contributed by atoms with Crippen LogP contribution in [-0.4, -0.2) is 22.9 Å². The highest BCUT2D eigenvalue weighted by Crippen LogP contribution is 2.25. The zero-order chi connectivity index (χ0) is 18.0. The highest BCUT2D eigenvalue weighted by Gasteiger charge is 2.18. The fraction of sp³-hybridized carbons (Fsp3) is 0.111. The molecule has 0 saturated heterocycles. The number of rotatable bonds is 4. The summed E-state index contributed by atoms with van der Waals surface area (Å²) in [5, 5.41) is 6.20. The minimum atomic E-state index is -0.474. The van der Waals surface area contributed by atoms with E-state index in [4.69, 9.17) is 39.5 Å². The van der Waals surface area contributed by atoms with Crippen LogP contribution in [0.4, 0.5) is 0 Å². The van der Waals surface area contributed by atoms with Crippen molar-refractivity contribution < 1.29 is 9.53 Å². The maximum absolute atomic E-state index is 12.1. The van der Waals surface area contributed by atoms with Crippen LogP contribution in [0.5, 0.6) is 0 Å². The Labute approximate surface area is 159 Å². The number of benzene rings is 2. The molecule has 0 N–H and O–H groups in total. The zero-order valence-corrected chi connectivity index (χ0v) is 15.4. The third-order valence-electron chi connectivity index (χ3n) is 3.65. The molecule has 7 heteroatoms. The van der Waals surface area contributed by atoms with E-state index in [1.807, 2.05) is 12.1 Å². The van der Waals surface area contributed by atoms with Crippen molar-refractivity contribution >= 4 is 40.8 Å². The molecule has 2 aromatic carbocycles. The Kier molecular flexibility index (Phi) is 5.33. The third kappa shape index (κ3) is 3.98. The molecule has 0 aliphatic heterocycles. The van der Waals surface area contributed by atoms with Gasteiger partial charge in [-0.3, -0.25) is 4.68 Å². The summed E-state index contributed by atoms with van der Waals surface area (Å²) < 4.78 is 6.42. The minimum Gasteiger partial charge on any atom is -0.464 e. The predicted molar refractivity (Wildman–Crippen MR) is 99.6 cm³/mol. The number of carbonyl (C=O) groups is 1. The van der Waals surface area contributed by atoms with Crippen LogP contribution in [0.2, 0.25) is 15.1 Å². The quantitative estimate of drug-likeness (QED) is 0.560. The maximum atomic E-state index is 12.1. The molecule has 25 heavy (non-hydrogen) atoms. The van der Waals surface area contributed by atoms with E-state index in [0.29, 0.717) is 33.0 Å². The summed E-state index contributed by atoms with van der Waals surface area (Å²) in [4.78, 5) is 12.1. The minimum absolute atomic E-state index is 0.314. The van der Waals surface area contributed by atoms with Crippen LogP contribution in [0, 0.1) is 0 Å². The molecule has 3 rings (SSSR count). The van der Waals surface area contributed by atoms with Crippen LogP contribution < -0.4 is 0 Å². The van der Waals surface area contributed by atoms with Gasteiger partial charge in [0.1, 0.15) is 5.69 Å². The zero-order valence-electron chi connectivity index (χ0n) is 13.2. The molecule has 0 atom stereocenters. The summed E-state index contributed by atoms with van der Waals surface area (Å²) in [7, 11) is 1.33. The molecule has 0 radical (unpaired) electrons. The van der Waals surface area contributed by atoms with E-state index in [-0.39, 0.29) is 0 Å². The van der Waals surface area contributed by atoms with E-state index in [2.05, 4.69) is 5.10 Å². The molecule has 0 aliphatic carbocycles. The third-order valence-corrected chi connectivity index (χ3v) is 4.49. The van der Waals surface area contributed by atoms with Gasteiger partial charge < -0.3 is 4.74 Å². The van der Waals surface area contributed by atoms with Gasteiger partial charge in [-0.25, -0.2) is 4.79 Å². The normalized spacial score (nSPS) is 10.7. The number of nitrogens with zero attached hydrogens (tertiary/aromatic N) is 2. The van der Waals surface area contributed by atoms with Crippen molar-refractivity contribution in [1.82, 2.24) is 9.78 Å². The smallest absolute Gasteiger partial charge is 0.356 e. The molecule has 1 heterocycles. The number of hydrogen-bond acceptors (Lipinski definition) is 3. The van der Waals surface area contributed by atoms with Crippen molar-refractivity contribution in [2.24, 2.45) is 0 Å². The number of aromatic nitrogens is 2. The van der Waals surface area contributed by atoms with E-state index in [1.165, 1.54) is 7.11 Å². The lowest BCUT2D eigenvalue weighted by Gasteiger charge is -2.08. The molecule has 0 saturated carbocycles. The van der Waals surface area contributed by atoms with E-state index in [0.717, 1.165) is 11.1 Å². The van der Waals surface area contributed by atoms with Crippen molar-refractivity contribution in [3.63, 3.8) is 0 Å². The van der Waals surface area contributed by atoms with Gasteiger partial charge in [-0.1, -0.05) is 53.0 Å². The van der Waals surface area contributed by atoms with Crippen LogP contribution >= 0.6 is 34.8 Å². The Morgan fingerprint density at radius 1 is 1.04 bits per heavy atom. The van der Waals surface area contributed by atoms with Gasteiger partial charge in [0, 0.05) is 20.6 Å². The van der Waals surface area contributed by atoms with Gasteiger partial charge in [0.2, 0.25) is 0 Å². The van der Waals surface area contributed by atoms with Gasteiger partial charge in [-0.15, -0.1) is 0 Å². The summed E-state index contributed by atoms with van der Waals surface area (Å²) in [6.07, 6.45) is 0. The highest BCUT2D eigenvalue weighted by molar-refractivity contribution is 6.35. The van der Waals surface area contributed by atoms with Crippen molar-refractivity contribution in [3.8, 4) is 11.3 Å². The molecule has 1 aromatic heterocycles. The second kappa shape index (κ2) is 7.48. The molecule has 0 fully saturated rings. The van der Waals surface area contributed by atoms with Gasteiger partial charge >= 0.3 is 5.97 Å². The molecule has 128 valence electrons. The van der Waals surface area contributed by atoms with Gasteiger partial charge in [0.25, 0.3) is 0 Å². The van der Waals surface area contributed by atoms with E-state index in [9.17, 15) is 4.79 Å². The molecular weight excluding hydrogens is 383 g/mol. The van der Waals surface area contributed by atoms with Crippen LogP contribution in [0.3, 0.4) is 0 Å². The second-order valence-corrected chi connectivity index (χ2v) is 6.59. The largest absolute Gasteiger partial charge is 0.464 e. The van der Waals surface area contributed by atoms with Crippen molar-refractivity contribution in [3.05, 3.63) is 74.9 Å². The average molecular weight is 396 g/mol. The van der Waals surface area contributed by atoms with E-state index < -0.39 is 5.97 Å². The molecular formula is C18H13Cl3N2O2. The number of hydrogen-bond donors (Lipinski definition) is 0. The van der Waals surface area contributed by atoms with Gasteiger partial charge in [-0.05, 0) is 35.9 Å². The summed E-state index contributed by atoms with van der Waals surface area (Å²) >= 11 is 18.1. The predicted octanol–water partition coefficient (Wildman–Crippen LogP) is 5.35. The van der Waals surface area contributed by atoms with Crippen LogP contribution in [0.25, 0.3) is 11.3 Å². The monoisotopic (exact) mass is 394 g/mol. The number of ether oxygens (including phenoxy) is 1. The number of esters is 1. The first-order valence-electron chi connectivity index (χ1n) is 7.34. The molecule has 0 unspecified atom stereocenters. The van der Waals surface area contributed by atoms with Gasteiger partial charge in [0.15, 0.2) is 0 Å². The molecule has 0 aliphatic rings. The maximum Gasteiger partial charge on any atom is 0.356 e. The molecule has 0 spiro atoms. The lowest BCUT2D eigenvalue weighted by molar-refractivity contribution is 0.0587. The number of methoxy groups -OCH3 is 1. The fourth-order valence-electron chi connectivity index (χ4n) is 2.38. The standard InChI is InChI=1S/C18H13Cl3N2O2/c1-25-18(24)17-9-16(11-2-5-13(19)6-3-11)22-23(17)10-12-4-7-14(20)8-15(12)21/h2-9H,10H2,1H3. The molecule has 3 aromatic rings. The molecule has 4 nitrogen and oxygen atoms in total. The first-order valence-corrected chi connectivity index (χ1v) is 8.47. The van der Waals surface area contributed by atoms with Crippen molar-refractivity contribution in [2.45, 2.75) is 6.54 Å². The SMILES string of the molecule is COC(=O)c1cc(-c2ccc(Cl)cc2)nn1Cc1ccc(Cl)cc1Cl. The fourth-order valence-corrected chi connectivity index (χ4v) is 2.97. The van der Waals surface area contributed by atoms with E-state index >= 15 is 0 Å². The Bertz CT molecular complexity index is 921. The Morgan fingerprint density at radius 3 is 2.36 bits per heavy atom. The summed E-state index contributed by atoms with van der Waals surface area (Å²) in [5.74, 6) is -0.474. The lowest BCUT2D eigenvalue weighted by atomic mass is 10.1. The van der Waals surface area contributed by atoms with Gasteiger partial charge in [-0.2, -0.15) is 5.10 Å². The van der Waals surface area contributed by atoms with Crippen LogP contribution in [0.15, 0.2) is 48.5 Å². The molecule has 0 bridgehead atoms. The second-order valence-electron chi connectivity index (χ2n) is 5.31. The lowest BCUT2D eigenvalue weighted by Crippen LogP contribution is -2.12. The topological polar surface area (TPSA) is 44.1 Å². The Hall–Kier alpha value is -2.01. The van der Waals surface area contributed by atoms with Crippen molar-refractivity contribution in [2.75, 3.05) is 7.11 Å². The Morgan fingerprint density at radius 2 is 1.72 bits per heavy atom. The van der Waals surface area contributed by atoms with Crippen molar-refractivity contribution in [1.29, 1.82) is 0 Å². The first-order chi connectivity index (χ1) is 12.0. The van der Waals surface area contributed by atoms with Gasteiger partial charge in [0.05, 0.1) is 19.3 Å². The summed E-state index contributed by atoms with van der Waals surface area (Å²) in [6.45, 7) is 0.314. The average Bonchev–Trinajstić information content (AvgIpc) is 3.01. The number of carbonyl (C=O) groups excluding carboxylic acids is 1. The van der Waals surface area contributed by atoms with Crippen LogP contribution in [0.1, 0.15) is 16.1 Å².